The molecule has 1 aromatic rings. The van der Waals surface area contributed by atoms with E-state index < -0.39 is 5.97 Å². The third-order valence-electron chi connectivity index (χ3n) is 3.92. The van der Waals surface area contributed by atoms with Crippen LogP contribution in [0.3, 0.4) is 0 Å². The van der Waals surface area contributed by atoms with Gasteiger partial charge in [0.05, 0.1) is 6.42 Å². The minimum absolute atomic E-state index is 0.129. The number of amides is 1. The molecule has 1 aromatic carbocycles. The molecular weight excluding hydrogens is 268 g/mol. The average molecular weight is 290 g/mol. The van der Waals surface area contributed by atoms with Crippen LogP contribution < -0.4 is 9.80 Å². The maximum absolute atomic E-state index is 11.9. The lowest BCUT2D eigenvalue weighted by molar-refractivity contribution is -0.136. The molecule has 0 aromatic heterocycles. The number of rotatable bonds is 6. The number of carbonyl (C=O) groups excluding carboxylic acids is 1. The van der Waals surface area contributed by atoms with Gasteiger partial charge in [0.25, 0.3) is 0 Å². The molecule has 0 radical (unpaired) electrons. The third-order valence-corrected chi connectivity index (χ3v) is 3.92. The summed E-state index contributed by atoms with van der Waals surface area (Å²) < 4.78 is 0. The van der Waals surface area contributed by atoms with Gasteiger partial charge in [-0.25, -0.2) is 0 Å². The van der Waals surface area contributed by atoms with Crippen LogP contribution in [0.4, 0.5) is 11.4 Å². The SMILES string of the molecule is CCN(CCC(=O)O)c1ccc2c(c1)CCC(=O)N2CC. The van der Waals surface area contributed by atoms with Crippen LogP contribution in [0, 0.1) is 0 Å². The number of carboxylic acid groups (broad SMARTS) is 1. The predicted molar refractivity (Wildman–Crippen MR) is 82.9 cm³/mol. The molecule has 0 spiro atoms. The number of hydrogen-bond donors (Lipinski definition) is 1. The van der Waals surface area contributed by atoms with Crippen molar-refractivity contribution >= 4 is 23.3 Å². The van der Waals surface area contributed by atoms with E-state index in [0.29, 0.717) is 19.5 Å². The van der Waals surface area contributed by atoms with Gasteiger partial charge in [-0.15, -0.1) is 0 Å². The fraction of sp³-hybridized carbons (Fsp3) is 0.500. The second kappa shape index (κ2) is 6.61. The smallest absolute Gasteiger partial charge is 0.305 e. The molecule has 21 heavy (non-hydrogen) atoms. The molecule has 5 nitrogen and oxygen atoms in total. The van der Waals surface area contributed by atoms with Crippen molar-refractivity contribution in [3.05, 3.63) is 23.8 Å². The Hall–Kier alpha value is -2.04. The molecule has 1 amide bonds. The van der Waals surface area contributed by atoms with Crippen LogP contribution in [-0.2, 0) is 16.0 Å². The zero-order valence-electron chi connectivity index (χ0n) is 12.6. The van der Waals surface area contributed by atoms with E-state index in [-0.39, 0.29) is 12.3 Å². The Bertz CT molecular complexity index is 542. The number of anilines is 2. The molecule has 0 bridgehead atoms. The minimum atomic E-state index is -0.783. The van der Waals surface area contributed by atoms with Gasteiger partial charge in [0.2, 0.25) is 5.91 Å². The molecule has 0 atom stereocenters. The Morgan fingerprint density at radius 1 is 1.33 bits per heavy atom. The number of aryl methyl sites for hydroxylation is 1. The van der Waals surface area contributed by atoms with E-state index in [1.54, 1.807) is 0 Å². The van der Waals surface area contributed by atoms with Gasteiger partial charge in [-0.05, 0) is 44.0 Å². The molecule has 2 rings (SSSR count). The van der Waals surface area contributed by atoms with Crippen molar-refractivity contribution in [1.29, 1.82) is 0 Å². The van der Waals surface area contributed by atoms with E-state index in [0.717, 1.165) is 24.3 Å². The van der Waals surface area contributed by atoms with Gasteiger partial charge in [0, 0.05) is 37.4 Å². The monoisotopic (exact) mass is 290 g/mol. The summed E-state index contributed by atoms with van der Waals surface area (Å²) in [6, 6.07) is 6.05. The lowest BCUT2D eigenvalue weighted by atomic mass is 10.00. The molecule has 0 saturated carbocycles. The Morgan fingerprint density at radius 3 is 2.71 bits per heavy atom. The van der Waals surface area contributed by atoms with Crippen LogP contribution in [0.1, 0.15) is 32.3 Å². The van der Waals surface area contributed by atoms with E-state index in [4.69, 9.17) is 5.11 Å². The zero-order chi connectivity index (χ0) is 15.4. The van der Waals surface area contributed by atoms with Gasteiger partial charge in [-0.2, -0.15) is 0 Å². The summed E-state index contributed by atoms with van der Waals surface area (Å²) in [4.78, 5) is 26.5. The highest BCUT2D eigenvalue weighted by Gasteiger charge is 2.23. The topological polar surface area (TPSA) is 60.9 Å². The molecular formula is C16H22N2O3. The van der Waals surface area contributed by atoms with Gasteiger partial charge in [-0.1, -0.05) is 0 Å². The van der Waals surface area contributed by atoms with E-state index in [1.807, 2.05) is 30.9 Å². The summed E-state index contributed by atoms with van der Waals surface area (Å²) in [7, 11) is 0. The normalized spacial score (nSPS) is 14.0. The maximum atomic E-state index is 11.9. The van der Waals surface area contributed by atoms with Gasteiger partial charge < -0.3 is 14.9 Å². The summed E-state index contributed by atoms with van der Waals surface area (Å²) in [5.74, 6) is -0.606. The van der Waals surface area contributed by atoms with E-state index in [1.165, 1.54) is 5.56 Å². The minimum Gasteiger partial charge on any atom is -0.481 e. The first-order valence-electron chi connectivity index (χ1n) is 7.46. The number of aliphatic carboxylic acids is 1. The predicted octanol–water partition coefficient (Wildman–Crippen LogP) is 2.29. The summed E-state index contributed by atoms with van der Waals surface area (Å²) in [5, 5.41) is 8.82. The maximum Gasteiger partial charge on any atom is 0.305 e. The molecule has 5 heteroatoms. The fourth-order valence-corrected chi connectivity index (χ4v) is 2.79. The van der Waals surface area contributed by atoms with Crippen molar-refractivity contribution in [2.45, 2.75) is 33.1 Å². The van der Waals surface area contributed by atoms with Gasteiger partial charge in [0.15, 0.2) is 0 Å². The second-order valence-corrected chi connectivity index (χ2v) is 5.17. The van der Waals surface area contributed by atoms with Crippen LogP contribution >= 0.6 is 0 Å². The molecule has 0 fully saturated rings. The van der Waals surface area contributed by atoms with Crippen LogP contribution in [0.2, 0.25) is 0 Å². The van der Waals surface area contributed by atoms with Gasteiger partial charge in [-0.3, -0.25) is 9.59 Å². The molecule has 1 aliphatic heterocycles. The first-order valence-corrected chi connectivity index (χ1v) is 7.46. The van der Waals surface area contributed by atoms with E-state index in [2.05, 4.69) is 11.0 Å². The quantitative estimate of drug-likeness (QED) is 0.873. The van der Waals surface area contributed by atoms with Crippen molar-refractivity contribution in [3.8, 4) is 0 Å². The first kappa shape index (κ1) is 15.4. The molecule has 1 heterocycles. The number of carboxylic acids is 1. The standard InChI is InChI=1S/C16H22N2O3/c1-3-17(10-9-16(20)21)13-6-7-14-12(11-13)5-8-15(19)18(14)4-2/h6-7,11H,3-5,8-10H2,1-2H3,(H,20,21). The van der Waals surface area contributed by atoms with Crippen molar-refractivity contribution in [1.82, 2.24) is 0 Å². The van der Waals surface area contributed by atoms with Crippen molar-refractivity contribution in [3.63, 3.8) is 0 Å². The Labute approximate surface area is 125 Å². The molecule has 0 aliphatic carbocycles. The van der Waals surface area contributed by atoms with Crippen LogP contribution in [0.5, 0.6) is 0 Å². The second-order valence-electron chi connectivity index (χ2n) is 5.17. The molecule has 0 saturated heterocycles. The van der Waals surface area contributed by atoms with Gasteiger partial charge in [0.1, 0.15) is 0 Å². The van der Waals surface area contributed by atoms with Crippen molar-refractivity contribution < 1.29 is 14.7 Å². The summed E-state index contributed by atoms with van der Waals surface area (Å²) >= 11 is 0. The highest BCUT2D eigenvalue weighted by Crippen LogP contribution is 2.31. The highest BCUT2D eigenvalue weighted by atomic mass is 16.4. The number of fused-ring (bicyclic) bond motifs is 1. The fourth-order valence-electron chi connectivity index (χ4n) is 2.79. The molecule has 0 unspecified atom stereocenters. The Balaban J connectivity index is 2.23. The third kappa shape index (κ3) is 3.35. The summed E-state index contributed by atoms with van der Waals surface area (Å²) in [6.45, 7) is 5.94. The lowest BCUT2D eigenvalue weighted by Gasteiger charge is -2.30. The molecule has 114 valence electrons. The molecule has 1 N–H and O–H groups in total. The summed E-state index contributed by atoms with van der Waals surface area (Å²) in [6.07, 6.45) is 1.44. The first-order chi connectivity index (χ1) is 10.1. The lowest BCUT2D eigenvalue weighted by Crippen LogP contribution is -2.35. The summed E-state index contributed by atoms with van der Waals surface area (Å²) in [5.41, 5.74) is 3.19. The van der Waals surface area contributed by atoms with Gasteiger partial charge >= 0.3 is 5.97 Å². The highest BCUT2D eigenvalue weighted by molar-refractivity contribution is 5.96. The molecule has 1 aliphatic rings. The Morgan fingerprint density at radius 2 is 2.10 bits per heavy atom. The number of hydrogen-bond acceptors (Lipinski definition) is 3. The van der Waals surface area contributed by atoms with Crippen molar-refractivity contribution in [2.75, 3.05) is 29.4 Å². The van der Waals surface area contributed by atoms with E-state index >= 15 is 0 Å². The average Bonchev–Trinajstić information content (AvgIpc) is 2.47. The number of benzene rings is 1. The van der Waals surface area contributed by atoms with Crippen molar-refractivity contribution in [2.24, 2.45) is 0 Å². The number of carbonyl (C=O) groups is 2. The van der Waals surface area contributed by atoms with Crippen LogP contribution in [-0.4, -0.2) is 36.6 Å². The van der Waals surface area contributed by atoms with Crippen LogP contribution in [0.15, 0.2) is 18.2 Å². The number of nitrogens with zero attached hydrogens (tertiary/aromatic N) is 2. The zero-order valence-corrected chi connectivity index (χ0v) is 12.6. The van der Waals surface area contributed by atoms with E-state index in [9.17, 15) is 9.59 Å². The van der Waals surface area contributed by atoms with Crippen LogP contribution in [0.25, 0.3) is 0 Å². The Kier molecular flexibility index (Phi) is 4.83. The largest absolute Gasteiger partial charge is 0.481 e.